The van der Waals surface area contributed by atoms with Crippen LogP contribution in [0.1, 0.15) is 106 Å². The molecule has 7 nitrogen and oxygen atoms in total. The molecule has 4 aromatic rings. The molecule has 1 saturated heterocycles. The van der Waals surface area contributed by atoms with Gasteiger partial charge in [0.05, 0.1) is 24.3 Å². The van der Waals surface area contributed by atoms with Gasteiger partial charge in [-0.2, -0.15) is 0 Å². The molecule has 5 atom stereocenters. The van der Waals surface area contributed by atoms with Crippen LogP contribution in [0.5, 0.6) is 0 Å². The number of hydrogen-bond acceptors (Lipinski definition) is 5. The third-order valence-electron chi connectivity index (χ3n) is 13.3. The van der Waals surface area contributed by atoms with Crippen molar-refractivity contribution in [3.63, 3.8) is 0 Å². The average Bonchev–Trinajstić information content (AvgIpc) is 3.60. The van der Waals surface area contributed by atoms with Gasteiger partial charge in [0.2, 0.25) is 11.8 Å². The summed E-state index contributed by atoms with van der Waals surface area (Å²) in [6, 6.07) is 27.7. The van der Waals surface area contributed by atoms with Crippen LogP contribution in [0.2, 0.25) is 5.02 Å². The van der Waals surface area contributed by atoms with E-state index in [0.29, 0.717) is 63.9 Å². The molecule has 10 heteroatoms. The van der Waals surface area contributed by atoms with Gasteiger partial charge in [0, 0.05) is 31.8 Å². The standard InChI is InChI=1S/C45H48ClFIN3O4/c1-43(2)22-24-44(25-23-43)45(33-21-16-29(46)26-35(33)50-42(45)55)36(32-14-9-15-34(48)37(32)47)39(41(54)49-30-17-19-31(52)20-18-30)51(44)38(27-10-5-3-6-11-27)40(53)28-12-7-4-8-13-28/h3-16,21,26,30-31,36,38-40,52-53H,17-20,22-25H2,1-2H3,(H,49,54)(H,50,55)/t30?,31?,36-,38+,39+,40-,45?/m0/s1. The van der Waals surface area contributed by atoms with E-state index >= 15 is 14.0 Å². The summed E-state index contributed by atoms with van der Waals surface area (Å²) in [7, 11) is 0. The first-order chi connectivity index (χ1) is 26.4. The van der Waals surface area contributed by atoms with E-state index in [1.807, 2.05) is 89.3 Å². The molecule has 288 valence electrons. The number of aliphatic hydroxyl groups excluding tert-OH is 2. The van der Waals surface area contributed by atoms with Crippen molar-refractivity contribution in [3.8, 4) is 0 Å². The number of carbonyl (C=O) groups is 2. The zero-order valence-electron chi connectivity index (χ0n) is 31.2. The van der Waals surface area contributed by atoms with Crippen molar-refractivity contribution >= 4 is 51.7 Å². The fourth-order valence-corrected chi connectivity index (χ4v) is 11.3. The van der Waals surface area contributed by atoms with Gasteiger partial charge in [-0.25, -0.2) is 4.39 Å². The van der Waals surface area contributed by atoms with Crippen LogP contribution in [-0.2, 0) is 15.0 Å². The maximum absolute atomic E-state index is 17.2. The average molecular weight is 876 g/mol. The van der Waals surface area contributed by atoms with Gasteiger partial charge in [-0.1, -0.05) is 104 Å². The quantitative estimate of drug-likeness (QED) is 0.139. The Hall–Kier alpha value is -3.35. The molecule has 1 unspecified atom stereocenters. The predicted molar refractivity (Wildman–Crippen MR) is 221 cm³/mol. The highest BCUT2D eigenvalue weighted by Crippen LogP contribution is 2.69. The highest BCUT2D eigenvalue weighted by atomic mass is 127. The molecule has 2 heterocycles. The number of likely N-dealkylation sites (tertiary alicyclic amines) is 1. The number of fused-ring (bicyclic) bond motifs is 3. The summed E-state index contributed by atoms with van der Waals surface area (Å²) in [6.07, 6.45) is 3.29. The molecule has 55 heavy (non-hydrogen) atoms. The van der Waals surface area contributed by atoms with Gasteiger partial charge in [-0.05, 0) is 120 Å². The second-order valence-electron chi connectivity index (χ2n) is 16.8. The summed E-state index contributed by atoms with van der Waals surface area (Å²) in [5, 5.41) is 30.3. The monoisotopic (exact) mass is 875 g/mol. The van der Waals surface area contributed by atoms with Crippen LogP contribution in [-0.4, -0.2) is 50.7 Å². The number of benzene rings is 4. The largest absolute Gasteiger partial charge is 0.393 e. The van der Waals surface area contributed by atoms with E-state index in [0.717, 1.165) is 18.4 Å². The lowest BCUT2D eigenvalue weighted by molar-refractivity contribution is -0.137. The molecule has 3 fully saturated rings. The fraction of sp³-hybridized carbons (Fsp3) is 0.422. The molecule has 2 aliphatic carbocycles. The summed E-state index contributed by atoms with van der Waals surface area (Å²) >= 11 is 8.60. The molecule has 0 aromatic heterocycles. The Morgan fingerprint density at radius 1 is 0.909 bits per heavy atom. The summed E-state index contributed by atoms with van der Waals surface area (Å²) in [5.41, 5.74) is 0.374. The Kier molecular flexibility index (Phi) is 10.4. The Balaban J connectivity index is 1.47. The lowest BCUT2D eigenvalue weighted by Crippen LogP contribution is -2.64. The third-order valence-corrected chi connectivity index (χ3v) is 14.3. The van der Waals surface area contributed by atoms with Crippen LogP contribution in [0.15, 0.2) is 97.1 Å². The number of nitrogens with one attached hydrogen (secondary N) is 2. The van der Waals surface area contributed by atoms with Crippen molar-refractivity contribution < 1.29 is 24.2 Å². The maximum atomic E-state index is 17.2. The molecule has 8 rings (SSSR count). The molecular weight excluding hydrogens is 828 g/mol. The minimum absolute atomic E-state index is 0.0670. The normalized spacial score (nSPS) is 28.1. The van der Waals surface area contributed by atoms with Crippen LogP contribution in [0.3, 0.4) is 0 Å². The second kappa shape index (κ2) is 14.9. The third kappa shape index (κ3) is 6.42. The van der Waals surface area contributed by atoms with E-state index < -0.39 is 47.0 Å². The molecule has 4 aliphatic rings. The number of rotatable bonds is 7. The van der Waals surface area contributed by atoms with Crippen LogP contribution >= 0.6 is 34.2 Å². The van der Waals surface area contributed by atoms with Crippen molar-refractivity contribution in [2.24, 2.45) is 5.41 Å². The van der Waals surface area contributed by atoms with Gasteiger partial charge in [-0.3, -0.25) is 14.5 Å². The van der Waals surface area contributed by atoms with Gasteiger partial charge in [0.25, 0.3) is 0 Å². The molecule has 0 radical (unpaired) electrons. The number of aliphatic hydroxyl groups is 2. The summed E-state index contributed by atoms with van der Waals surface area (Å²) < 4.78 is 17.6. The first-order valence-corrected chi connectivity index (χ1v) is 20.9. The Morgan fingerprint density at radius 3 is 2.20 bits per heavy atom. The smallest absolute Gasteiger partial charge is 0.238 e. The predicted octanol–water partition coefficient (Wildman–Crippen LogP) is 8.98. The lowest BCUT2D eigenvalue weighted by Gasteiger charge is -2.56. The Morgan fingerprint density at radius 2 is 1.55 bits per heavy atom. The van der Waals surface area contributed by atoms with Gasteiger partial charge >= 0.3 is 0 Å². The first kappa shape index (κ1) is 38.5. The number of amides is 2. The van der Waals surface area contributed by atoms with Crippen molar-refractivity contribution in [1.82, 2.24) is 10.2 Å². The van der Waals surface area contributed by atoms with Gasteiger partial charge in [-0.15, -0.1) is 0 Å². The van der Waals surface area contributed by atoms with E-state index in [9.17, 15) is 10.2 Å². The molecule has 4 aromatic carbocycles. The van der Waals surface area contributed by atoms with Crippen molar-refractivity contribution in [2.75, 3.05) is 5.32 Å². The molecule has 4 N–H and O–H groups in total. The minimum Gasteiger partial charge on any atom is -0.393 e. The Labute approximate surface area is 341 Å². The topological polar surface area (TPSA) is 102 Å². The molecule has 2 spiro atoms. The number of anilines is 1. The van der Waals surface area contributed by atoms with Gasteiger partial charge < -0.3 is 20.8 Å². The maximum Gasteiger partial charge on any atom is 0.238 e. The highest BCUT2D eigenvalue weighted by Gasteiger charge is 2.77. The van der Waals surface area contributed by atoms with Crippen LogP contribution in [0.25, 0.3) is 0 Å². The van der Waals surface area contributed by atoms with Gasteiger partial charge in [0.1, 0.15) is 11.2 Å². The van der Waals surface area contributed by atoms with Gasteiger partial charge in [0.15, 0.2) is 0 Å². The number of carbonyl (C=O) groups excluding carboxylic acids is 2. The number of hydrogen-bond donors (Lipinski definition) is 4. The molecular formula is C45H48ClFIN3O4. The zero-order chi connectivity index (χ0) is 38.7. The van der Waals surface area contributed by atoms with Crippen molar-refractivity contribution in [3.05, 3.63) is 134 Å². The molecule has 2 aliphatic heterocycles. The first-order valence-electron chi connectivity index (χ1n) is 19.5. The zero-order valence-corrected chi connectivity index (χ0v) is 34.1. The lowest BCUT2D eigenvalue weighted by atomic mass is 9.53. The SMILES string of the molecule is CC1(C)CCC2(CC1)N([C@H](c1ccccc1)[C@@H](O)c1ccccc1)[C@@H](C(=O)NC1CCC(O)CC1)[C@H](c1cccc(I)c1F)C21C(=O)Nc2cc(Cl)ccc21. The Bertz CT molecular complexity index is 2070. The molecule has 2 amide bonds. The van der Waals surface area contributed by atoms with E-state index in [2.05, 4.69) is 29.4 Å². The molecule has 0 bridgehead atoms. The van der Waals surface area contributed by atoms with Crippen LogP contribution in [0, 0.1) is 14.8 Å². The van der Waals surface area contributed by atoms with E-state index in [4.69, 9.17) is 11.6 Å². The van der Waals surface area contributed by atoms with E-state index in [-0.39, 0.29) is 28.8 Å². The highest BCUT2D eigenvalue weighted by molar-refractivity contribution is 14.1. The summed E-state index contributed by atoms with van der Waals surface area (Å²) in [5.74, 6) is -2.08. The minimum atomic E-state index is -1.47. The second-order valence-corrected chi connectivity index (χ2v) is 18.4. The van der Waals surface area contributed by atoms with Crippen molar-refractivity contribution in [2.45, 2.75) is 112 Å². The van der Waals surface area contributed by atoms with Crippen LogP contribution < -0.4 is 10.6 Å². The summed E-state index contributed by atoms with van der Waals surface area (Å²) in [6.45, 7) is 4.47. The number of nitrogens with zero attached hydrogens (tertiary/aromatic N) is 1. The van der Waals surface area contributed by atoms with E-state index in [1.54, 1.807) is 30.3 Å². The fourth-order valence-electron chi connectivity index (χ4n) is 10.6. The molecule has 2 saturated carbocycles. The van der Waals surface area contributed by atoms with E-state index in [1.165, 1.54) is 0 Å². The van der Waals surface area contributed by atoms with Crippen molar-refractivity contribution in [1.29, 1.82) is 0 Å². The summed E-state index contributed by atoms with van der Waals surface area (Å²) in [4.78, 5) is 33.4. The number of halogens is 3. The van der Waals surface area contributed by atoms with Crippen LogP contribution in [0.4, 0.5) is 10.1 Å².